The molecule has 0 aliphatic carbocycles. The first-order valence-electron chi connectivity index (χ1n) is 11.3. The third-order valence-electron chi connectivity index (χ3n) is 5.35. The average Bonchev–Trinajstić information content (AvgIpc) is 2.70. The Bertz CT molecular complexity index is 671. The lowest BCUT2D eigenvalue weighted by Gasteiger charge is -2.34. The topological polar surface area (TPSA) is 66.8 Å². The lowest BCUT2D eigenvalue weighted by atomic mass is 9.99. The molecule has 1 aromatic carbocycles. The lowest BCUT2D eigenvalue weighted by Crippen LogP contribution is -2.43. The number of carbonyl (C=O) groups is 2. The minimum absolute atomic E-state index is 0.0567. The molecular weight excluding hydrogens is 378 g/mol. The number of likely N-dealkylation sites (tertiary alicyclic amines) is 1. The fourth-order valence-electron chi connectivity index (χ4n) is 3.84. The molecule has 166 valence electrons. The standard InChI is InChI=1S/C25H37NO4/c1-20(2)30-25(29)15-8-3-4-9-18-26-22(13-10-14-24(26)28)16-17-23(27)19-21-11-6-5-7-12-21/h5-7,11-12,16-17,20,22-23,27H,3-4,8-10,13-15,18-19H2,1-2H3/b17-16+/t22-,23+/m1/s1. The molecule has 1 heterocycles. The number of hydrogen-bond donors (Lipinski definition) is 1. The van der Waals surface area contributed by atoms with Crippen molar-refractivity contribution in [2.45, 2.75) is 89.9 Å². The molecular formula is C25H37NO4. The van der Waals surface area contributed by atoms with Crippen molar-refractivity contribution in [3.05, 3.63) is 48.0 Å². The molecule has 0 spiro atoms. The van der Waals surface area contributed by atoms with Crippen LogP contribution >= 0.6 is 0 Å². The monoisotopic (exact) mass is 415 g/mol. The predicted molar refractivity (Wildman–Crippen MR) is 119 cm³/mol. The van der Waals surface area contributed by atoms with E-state index in [1.165, 1.54) is 0 Å². The Balaban J connectivity index is 1.73. The smallest absolute Gasteiger partial charge is 0.306 e. The molecule has 0 radical (unpaired) electrons. The van der Waals surface area contributed by atoms with Crippen molar-refractivity contribution in [2.75, 3.05) is 6.54 Å². The van der Waals surface area contributed by atoms with Crippen LogP contribution in [0.2, 0.25) is 0 Å². The van der Waals surface area contributed by atoms with Crippen molar-refractivity contribution in [3.8, 4) is 0 Å². The summed E-state index contributed by atoms with van der Waals surface area (Å²) < 4.78 is 5.14. The summed E-state index contributed by atoms with van der Waals surface area (Å²) in [5, 5.41) is 10.3. The highest BCUT2D eigenvalue weighted by molar-refractivity contribution is 5.77. The Morgan fingerprint density at radius 3 is 2.67 bits per heavy atom. The average molecular weight is 416 g/mol. The summed E-state index contributed by atoms with van der Waals surface area (Å²) in [6, 6.07) is 10.00. The number of benzene rings is 1. The molecule has 2 atom stereocenters. The predicted octanol–water partition coefficient (Wildman–Crippen LogP) is 4.43. The number of esters is 1. The van der Waals surface area contributed by atoms with Gasteiger partial charge in [-0.2, -0.15) is 0 Å². The van der Waals surface area contributed by atoms with Crippen molar-refractivity contribution in [2.24, 2.45) is 0 Å². The van der Waals surface area contributed by atoms with E-state index in [-0.39, 0.29) is 24.0 Å². The molecule has 5 heteroatoms. The van der Waals surface area contributed by atoms with Gasteiger partial charge in [0.2, 0.25) is 5.91 Å². The zero-order valence-electron chi connectivity index (χ0n) is 18.5. The second-order valence-corrected chi connectivity index (χ2v) is 8.39. The van der Waals surface area contributed by atoms with Gasteiger partial charge in [0.25, 0.3) is 0 Å². The van der Waals surface area contributed by atoms with Gasteiger partial charge in [0.1, 0.15) is 0 Å². The molecule has 1 aromatic rings. The van der Waals surface area contributed by atoms with E-state index in [9.17, 15) is 14.7 Å². The Labute approximate surface area is 181 Å². The molecule has 0 bridgehead atoms. The van der Waals surface area contributed by atoms with E-state index in [2.05, 4.69) is 0 Å². The van der Waals surface area contributed by atoms with Crippen LogP contribution in [0.3, 0.4) is 0 Å². The van der Waals surface area contributed by atoms with Gasteiger partial charge in [0.05, 0.1) is 18.2 Å². The second kappa shape index (κ2) is 13.2. The van der Waals surface area contributed by atoms with Crippen LogP contribution in [-0.4, -0.2) is 46.7 Å². The Morgan fingerprint density at radius 2 is 1.93 bits per heavy atom. The summed E-state index contributed by atoms with van der Waals surface area (Å²) in [5.41, 5.74) is 1.10. The van der Waals surface area contributed by atoms with E-state index in [0.29, 0.717) is 19.3 Å². The summed E-state index contributed by atoms with van der Waals surface area (Å²) >= 11 is 0. The highest BCUT2D eigenvalue weighted by atomic mass is 16.5. The van der Waals surface area contributed by atoms with Gasteiger partial charge in [0.15, 0.2) is 0 Å². The molecule has 0 saturated carbocycles. The van der Waals surface area contributed by atoms with Gasteiger partial charge in [-0.3, -0.25) is 9.59 Å². The molecule has 1 aliphatic rings. The van der Waals surface area contributed by atoms with Crippen LogP contribution in [0.1, 0.15) is 70.8 Å². The summed E-state index contributed by atoms with van der Waals surface area (Å²) in [5.74, 6) is 0.0735. The molecule has 1 amide bonds. The first-order chi connectivity index (χ1) is 14.5. The number of unbranched alkanes of at least 4 members (excludes halogenated alkanes) is 3. The first kappa shape index (κ1) is 24.1. The molecule has 0 aromatic heterocycles. The van der Waals surface area contributed by atoms with Crippen molar-refractivity contribution in [1.82, 2.24) is 4.90 Å². The van der Waals surface area contributed by atoms with Crippen molar-refractivity contribution in [3.63, 3.8) is 0 Å². The summed E-state index contributed by atoms with van der Waals surface area (Å²) in [6.45, 7) is 4.46. The fourth-order valence-corrected chi connectivity index (χ4v) is 3.84. The highest BCUT2D eigenvalue weighted by Gasteiger charge is 2.25. The molecule has 5 nitrogen and oxygen atoms in total. The minimum Gasteiger partial charge on any atom is -0.463 e. The van der Waals surface area contributed by atoms with Crippen molar-refractivity contribution < 1.29 is 19.4 Å². The number of carbonyl (C=O) groups excluding carboxylic acids is 2. The molecule has 1 N–H and O–H groups in total. The van der Waals surface area contributed by atoms with Crippen LogP contribution in [0.25, 0.3) is 0 Å². The number of amides is 1. The highest BCUT2D eigenvalue weighted by Crippen LogP contribution is 2.21. The van der Waals surface area contributed by atoms with E-state index in [4.69, 9.17) is 4.74 Å². The van der Waals surface area contributed by atoms with Gasteiger partial charge in [-0.1, -0.05) is 55.3 Å². The maximum atomic E-state index is 12.4. The second-order valence-electron chi connectivity index (χ2n) is 8.39. The zero-order valence-corrected chi connectivity index (χ0v) is 18.5. The quantitative estimate of drug-likeness (QED) is 0.312. The molecule has 2 rings (SSSR count). The lowest BCUT2D eigenvalue weighted by molar-refractivity contribution is -0.147. The third kappa shape index (κ3) is 9.12. The largest absolute Gasteiger partial charge is 0.463 e. The van der Waals surface area contributed by atoms with E-state index in [1.54, 1.807) is 0 Å². The van der Waals surface area contributed by atoms with Crippen LogP contribution in [0, 0.1) is 0 Å². The van der Waals surface area contributed by atoms with E-state index in [0.717, 1.165) is 50.6 Å². The zero-order chi connectivity index (χ0) is 21.8. The molecule has 1 saturated heterocycles. The van der Waals surface area contributed by atoms with Crippen molar-refractivity contribution >= 4 is 11.9 Å². The number of nitrogens with zero attached hydrogens (tertiary/aromatic N) is 1. The van der Waals surface area contributed by atoms with Gasteiger partial charge in [-0.05, 0) is 45.1 Å². The van der Waals surface area contributed by atoms with Gasteiger partial charge < -0.3 is 14.7 Å². The molecule has 1 fully saturated rings. The van der Waals surface area contributed by atoms with Crippen LogP contribution in [0.15, 0.2) is 42.5 Å². The number of aliphatic hydroxyl groups excluding tert-OH is 1. The maximum absolute atomic E-state index is 12.4. The SMILES string of the molecule is CC(C)OC(=O)CCCCCCN1C(=O)CCC[C@@H]1/C=C/[C@H](O)Cc1ccccc1. The summed E-state index contributed by atoms with van der Waals surface area (Å²) in [7, 11) is 0. The Morgan fingerprint density at radius 1 is 1.20 bits per heavy atom. The van der Waals surface area contributed by atoms with Gasteiger partial charge in [-0.15, -0.1) is 0 Å². The Kier molecular flexibility index (Phi) is 10.6. The number of aliphatic hydroxyl groups is 1. The van der Waals surface area contributed by atoms with E-state index < -0.39 is 6.10 Å². The van der Waals surface area contributed by atoms with Gasteiger partial charge >= 0.3 is 5.97 Å². The number of hydrogen-bond acceptors (Lipinski definition) is 4. The molecule has 0 unspecified atom stereocenters. The number of piperidine rings is 1. The van der Waals surface area contributed by atoms with Crippen LogP contribution in [-0.2, 0) is 20.7 Å². The third-order valence-corrected chi connectivity index (χ3v) is 5.35. The maximum Gasteiger partial charge on any atom is 0.306 e. The van der Waals surface area contributed by atoms with Crippen molar-refractivity contribution in [1.29, 1.82) is 0 Å². The van der Waals surface area contributed by atoms with Crippen LogP contribution < -0.4 is 0 Å². The fraction of sp³-hybridized carbons (Fsp3) is 0.600. The van der Waals surface area contributed by atoms with Gasteiger partial charge in [-0.25, -0.2) is 0 Å². The summed E-state index contributed by atoms with van der Waals surface area (Å²) in [4.78, 5) is 25.9. The summed E-state index contributed by atoms with van der Waals surface area (Å²) in [6.07, 6.45) is 10.5. The van der Waals surface area contributed by atoms with E-state index >= 15 is 0 Å². The minimum atomic E-state index is -0.545. The van der Waals surface area contributed by atoms with E-state index in [1.807, 2.05) is 61.2 Å². The number of rotatable bonds is 12. The van der Waals surface area contributed by atoms with Crippen LogP contribution in [0.5, 0.6) is 0 Å². The van der Waals surface area contributed by atoms with Crippen LogP contribution in [0.4, 0.5) is 0 Å². The molecule has 30 heavy (non-hydrogen) atoms. The first-order valence-corrected chi connectivity index (χ1v) is 11.3. The number of ether oxygens (including phenoxy) is 1. The Hall–Kier alpha value is -2.14. The molecule has 1 aliphatic heterocycles. The normalized spacial score (nSPS) is 18.2. The van der Waals surface area contributed by atoms with Gasteiger partial charge in [0, 0.05) is 25.8 Å².